The van der Waals surface area contributed by atoms with Crippen molar-refractivity contribution in [3.63, 3.8) is 0 Å². The van der Waals surface area contributed by atoms with Crippen LogP contribution in [-0.4, -0.2) is 5.78 Å². The molecule has 0 saturated heterocycles. The molecule has 0 bridgehead atoms. The summed E-state index contributed by atoms with van der Waals surface area (Å²) in [5.41, 5.74) is 0.803. The molecule has 1 atom stereocenters. The van der Waals surface area contributed by atoms with E-state index in [1.54, 1.807) is 6.92 Å². The molecule has 1 nitrogen and oxygen atoms in total. The molecule has 20 heavy (non-hydrogen) atoms. The molecule has 1 unspecified atom stereocenters. The number of ketones is 1. The molecule has 1 heteroatoms. The Balaban J connectivity index is 3.24. The average Bonchev–Trinajstić information content (AvgIpc) is 2.43. The second kappa shape index (κ2) is 13.4. The van der Waals surface area contributed by atoms with Crippen LogP contribution in [0, 0.1) is 5.92 Å². The number of allylic oxidation sites excluding steroid dienone is 1. The van der Waals surface area contributed by atoms with Crippen LogP contribution < -0.4 is 0 Å². The second-order valence-corrected chi connectivity index (χ2v) is 6.31. The Hall–Kier alpha value is -0.590. The predicted octanol–water partition coefficient (Wildman–Crippen LogP) is 6.47. The Morgan fingerprint density at radius 1 is 0.850 bits per heavy atom. The van der Waals surface area contributed by atoms with Gasteiger partial charge in [-0.3, -0.25) is 4.79 Å². The van der Waals surface area contributed by atoms with E-state index in [4.69, 9.17) is 0 Å². The third-order valence-electron chi connectivity index (χ3n) is 4.29. The lowest BCUT2D eigenvalue weighted by Crippen LogP contribution is -2.05. The summed E-state index contributed by atoms with van der Waals surface area (Å²) in [5.74, 6) is 0.520. The molecular formula is C19H36O. The molecule has 0 saturated carbocycles. The van der Waals surface area contributed by atoms with Crippen LogP contribution in [0.2, 0.25) is 0 Å². The SMILES string of the molecule is C=C(C(C)=O)C(C)CCCCCCCCCCCCC. The molecule has 0 amide bonds. The lowest BCUT2D eigenvalue weighted by Gasteiger charge is -2.11. The van der Waals surface area contributed by atoms with Crippen LogP contribution in [0.15, 0.2) is 12.2 Å². The van der Waals surface area contributed by atoms with Crippen molar-refractivity contribution in [2.24, 2.45) is 5.92 Å². The minimum Gasteiger partial charge on any atom is -0.295 e. The zero-order chi connectivity index (χ0) is 15.2. The zero-order valence-corrected chi connectivity index (χ0v) is 14.2. The summed E-state index contributed by atoms with van der Waals surface area (Å²) < 4.78 is 0. The minimum atomic E-state index is 0.153. The van der Waals surface area contributed by atoms with Crippen molar-refractivity contribution in [1.82, 2.24) is 0 Å². The van der Waals surface area contributed by atoms with Gasteiger partial charge in [0.1, 0.15) is 0 Å². The van der Waals surface area contributed by atoms with E-state index < -0.39 is 0 Å². The summed E-state index contributed by atoms with van der Waals surface area (Å²) in [6.45, 7) is 9.89. The van der Waals surface area contributed by atoms with Crippen molar-refractivity contribution in [2.75, 3.05) is 0 Å². The number of carbonyl (C=O) groups excluding carboxylic acids is 1. The number of Topliss-reactive ketones (excluding diaryl/α,β-unsaturated/α-hetero) is 1. The first-order valence-corrected chi connectivity index (χ1v) is 8.79. The Morgan fingerprint density at radius 3 is 1.65 bits per heavy atom. The summed E-state index contributed by atoms with van der Waals surface area (Å²) in [5, 5.41) is 0. The first kappa shape index (κ1) is 19.4. The lowest BCUT2D eigenvalue weighted by molar-refractivity contribution is -0.114. The van der Waals surface area contributed by atoms with Gasteiger partial charge in [0.25, 0.3) is 0 Å². The highest BCUT2D eigenvalue weighted by Gasteiger charge is 2.09. The molecule has 0 radical (unpaired) electrons. The molecule has 0 fully saturated rings. The molecular weight excluding hydrogens is 244 g/mol. The first-order chi connectivity index (χ1) is 9.59. The Morgan fingerprint density at radius 2 is 1.25 bits per heavy atom. The van der Waals surface area contributed by atoms with Crippen molar-refractivity contribution in [1.29, 1.82) is 0 Å². The fraction of sp³-hybridized carbons (Fsp3) is 0.842. The number of unbranched alkanes of at least 4 members (excludes halogenated alkanes) is 10. The second-order valence-electron chi connectivity index (χ2n) is 6.31. The van der Waals surface area contributed by atoms with Crippen molar-refractivity contribution in [3.8, 4) is 0 Å². The maximum Gasteiger partial charge on any atom is 0.155 e. The van der Waals surface area contributed by atoms with Gasteiger partial charge >= 0.3 is 0 Å². The summed E-state index contributed by atoms with van der Waals surface area (Å²) in [6, 6.07) is 0. The van der Waals surface area contributed by atoms with Gasteiger partial charge in [-0.05, 0) is 24.8 Å². The fourth-order valence-electron chi connectivity index (χ4n) is 2.64. The normalized spacial score (nSPS) is 12.3. The van der Waals surface area contributed by atoms with Crippen LogP contribution in [0.25, 0.3) is 0 Å². The van der Waals surface area contributed by atoms with E-state index in [1.807, 2.05) is 0 Å². The lowest BCUT2D eigenvalue weighted by atomic mass is 9.93. The highest BCUT2D eigenvalue weighted by molar-refractivity contribution is 5.92. The third-order valence-corrected chi connectivity index (χ3v) is 4.29. The number of hydrogen-bond donors (Lipinski definition) is 0. The molecule has 0 aliphatic heterocycles. The summed E-state index contributed by atoms with van der Waals surface area (Å²) in [7, 11) is 0. The Kier molecular flexibility index (Phi) is 13.0. The van der Waals surface area contributed by atoms with Gasteiger partial charge in [-0.25, -0.2) is 0 Å². The van der Waals surface area contributed by atoms with Gasteiger partial charge in [0.15, 0.2) is 5.78 Å². The molecule has 0 aliphatic rings. The molecule has 0 aromatic carbocycles. The highest BCUT2D eigenvalue weighted by atomic mass is 16.1. The molecule has 0 aromatic rings. The van der Waals surface area contributed by atoms with E-state index in [2.05, 4.69) is 20.4 Å². The maximum absolute atomic E-state index is 11.2. The number of rotatable bonds is 14. The van der Waals surface area contributed by atoms with Gasteiger partial charge < -0.3 is 0 Å². The Labute approximate surface area is 127 Å². The van der Waals surface area contributed by atoms with E-state index in [0.717, 1.165) is 12.0 Å². The summed E-state index contributed by atoms with van der Waals surface area (Å²) >= 11 is 0. The van der Waals surface area contributed by atoms with Crippen LogP contribution in [0.1, 0.15) is 97.8 Å². The Bertz CT molecular complexity index is 254. The average molecular weight is 280 g/mol. The molecule has 0 aliphatic carbocycles. The van der Waals surface area contributed by atoms with Crippen molar-refractivity contribution >= 4 is 5.78 Å². The molecule has 0 N–H and O–H groups in total. The topological polar surface area (TPSA) is 17.1 Å². The van der Waals surface area contributed by atoms with Crippen LogP contribution in [0.5, 0.6) is 0 Å². The van der Waals surface area contributed by atoms with Crippen molar-refractivity contribution < 1.29 is 4.79 Å². The van der Waals surface area contributed by atoms with Crippen LogP contribution in [0.4, 0.5) is 0 Å². The van der Waals surface area contributed by atoms with Gasteiger partial charge in [-0.1, -0.05) is 91.1 Å². The summed E-state index contributed by atoms with van der Waals surface area (Å²) in [6.07, 6.45) is 16.3. The molecule has 118 valence electrons. The van der Waals surface area contributed by atoms with Crippen molar-refractivity contribution in [2.45, 2.75) is 97.8 Å². The third kappa shape index (κ3) is 11.3. The standard InChI is InChI=1S/C19H36O/c1-5-6-7-8-9-10-11-12-13-14-15-16-17(2)18(3)19(4)20/h17H,3,5-16H2,1-2,4H3. The molecule has 0 spiro atoms. The smallest absolute Gasteiger partial charge is 0.155 e. The molecule has 0 rings (SSSR count). The highest BCUT2D eigenvalue weighted by Crippen LogP contribution is 2.18. The van der Waals surface area contributed by atoms with Gasteiger partial charge in [-0.15, -0.1) is 0 Å². The summed E-state index contributed by atoms with van der Waals surface area (Å²) in [4.78, 5) is 11.2. The van der Waals surface area contributed by atoms with E-state index in [1.165, 1.54) is 70.6 Å². The molecule has 0 heterocycles. The van der Waals surface area contributed by atoms with E-state index in [9.17, 15) is 4.79 Å². The minimum absolute atomic E-state index is 0.153. The van der Waals surface area contributed by atoms with Crippen LogP contribution in [-0.2, 0) is 4.79 Å². The van der Waals surface area contributed by atoms with Crippen molar-refractivity contribution in [3.05, 3.63) is 12.2 Å². The van der Waals surface area contributed by atoms with Gasteiger partial charge in [0, 0.05) is 0 Å². The quantitative estimate of drug-likeness (QED) is 0.263. The monoisotopic (exact) mass is 280 g/mol. The number of carbonyl (C=O) groups is 1. The van der Waals surface area contributed by atoms with Crippen LogP contribution >= 0.6 is 0 Å². The van der Waals surface area contributed by atoms with Gasteiger partial charge in [0.2, 0.25) is 0 Å². The molecule has 0 aromatic heterocycles. The fourth-order valence-corrected chi connectivity index (χ4v) is 2.64. The van der Waals surface area contributed by atoms with Gasteiger partial charge in [-0.2, -0.15) is 0 Å². The largest absolute Gasteiger partial charge is 0.295 e. The van der Waals surface area contributed by atoms with E-state index >= 15 is 0 Å². The van der Waals surface area contributed by atoms with Crippen LogP contribution in [0.3, 0.4) is 0 Å². The predicted molar refractivity (Wildman–Crippen MR) is 90.1 cm³/mol. The van der Waals surface area contributed by atoms with E-state index in [-0.39, 0.29) is 5.78 Å². The van der Waals surface area contributed by atoms with Gasteiger partial charge in [0.05, 0.1) is 0 Å². The van der Waals surface area contributed by atoms with E-state index in [0.29, 0.717) is 5.92 Å². The first-order valence-electron chi connectivity index (χ1n) is 8.79. The maximum atomic E-state index is 11.2. The number of hydrogen-bond acceptors (Lipinski definition) is 1. The zero-order valence-electron chi connectivity index (χ0n) is 14.2.